The maximum Gasteiger partial charge on any atom is 0.250 e. The Morgan fingerprint density at radius 2 is 1.62 bits per heavy atom. The topological polar surface area (TPSA) is 75.7 Å². The number of hydrogen-bond acceptors (Lipinski definition) is 4. The monoisotopic (exact) mass is 394 g/mol. The van der Waals surface area contributed by atoms with E-state index in [1.54, 1.807) is 21.3 Å². The van der Waals surface area contributed by atoms with Crippen LogP contribution in [0.5, 0.6) is 17.2 Å². The second-order valence-corrected chi connectivity index (χ2v) is 6.71. The minimum Gasteiger partial charge on any atom is -0.497 e. The Morgan fingerprint density at radius 1 is 0.931 bits per heavy atom. The third-order valence-electron chi connectivity index (χ3n) is 5.09. The molecule has 0 aliphatic heterocycles. The average Bonchev–Trinajstić information content (AvgIpc) is 3.08. The lowest BCUT2D eigenvalue weighted by Gasteiger charge is -2.14. The van der Waals surface area contributed by atoms with Gasteiger partial charge in [-0.05, 0) is 66.9 Å². The third kappa shape index (κ3) is 4.21. The van der Waals surface area contributed by atoms with Crippen LogP contribution in [0.15, 0.2) is 48.5 Å². The van der Waals surface area contributed by atoms with E-state index in [4.69, 9.17) is 19.9 Å². The first kappa shape index (κ1) is 20.3. The van der Waals surface area contributed by atoms with E-state index in [-0.39, 0.29) is 0 Å². The number of aryl methyl sites for hydroxylation is 1. The zero-order valence-corrected chi connectivity index (χ0v) is 17.2. The van der Waals surface area contributed by atoms with Crippen molar-refractivity contribution in [2.45, 2.75) is 19.9 Å². The lowest BCUT2D eigenvalue weighted by Crippen LogP contribution is -2.13. The van der Waals surface area contributed by atoms with Gasteiger partial charge in [-0.25, -0.2) is 0 Å². The zero-order valence-electron chi connectivity index (χ0n) is 17.2. The predicted molar refractivity (Wildman–Crippen MR) is 113 cm³/mol. The molecule has 0 spiro atoms. The van der Waals surface area contributed by atoms with Gasteiger partial charge in [0.2, 0.25) is 0 Å². The summed E-state index contributed by atoms with van der Waals surface area (Å²) in [6.45, 7) is 2.61. The number of aromatic nitrogens is 1. The number of methoxy groups -OCH3 is 3. The van der Waals surface area contributed by atoms with Gasteiger partial charge in [-0.15, -0.1) is 0 Å². The normalized spacial score (nSPS) is 10.6. The Hall–Kier alpha value is -3.41. The van der Waals surface area contributed by atoms with Crippen LogP contribution in [0, 0.1) is 6.92 Å². The smallest absolute Gasteiger partial charge is 0.250 e. The first-order chi connectivity index (χ1) is 14.0. The average molecular weight is 394 g/mol. The first-order valence-corrected chi connectivity index (χ1v) is 9.33. The van der Waals surface area contributed by atoms with Crippen LogP contribution in [-0.4, -0.2) is 31.8 Å². The third-order valence-corrected chi connectivity index (χ3v) is 5.09. The molecule has 29 heavy (non-hydrogen) atoms. The van der Waals surface area contributed by atoms with Gasteiger partial charge in [0.15, 0.2) is 11.5 Å². The fourth-order valence-electron chi connectivity index (χ4n) is 3.46. The molecule has 1 amide bonds. The van der Waals surface area contributed by atoms with E-state index in [1.807, 2.05) is 55.5 Å². The quantitative estimate of drug-likeness (QED) is 0.630. The highest BCUT2D eigenvalue weighted by Crippen LogP contribution is 2.30. The minimum absolute atomic E-state index is 0.429. The van der Waals surface area contributed by atoms with Gasteiger partial charge in [-0.2, -0.15) is 0 Å². The van der Waals surface area contributed by atoms with Crippen LogP contribution in [0.25, 0.3) is 11.3 Å². The minimum atomic E-state index is -0.429. The molecule has 0 saturated heterocycles. The summed E-state index contributed by atoms with van der Waals surface area (Å²) in [7, 11) is 4.88. The molecule has 0 fully saturated rings. The molecule has 2 aromatic carbocycles. The molecule has 0 aliphatic carbocycles. The molecule has 6 nitrogen and oxygen atoms in total. The molecule has 0 bridgehead atoms. The molecule has 0 unspecified atom stereocenters. The lowest BCUT2D eigenvalue weighted by molar-refractivity contribution is 0.0999. The van der Waals surface area contributed by atoms with E-state index in [0.717, 1.165) is 34.7 Å². The van der Waals surface area contributed by atoms with E-state index >= 15 is 0 Å². The predicted octanol–water partition coefficient (Wildman–Crippen LogP) is 3.83. The Kier molecular flexibility index (Phi) is 6.12. The van der Waals surface area contributed by atoms with Gasteiger partial charge in [-0.3, -0.25) is 4.79 Å². The first-order valence-electron chi connectivity index (χ1n) is 9.33. The van der Waals surface area contributed by atoms with Crippen LogP contribution in [0.3, 0.4) is 0 Å². The van der Waals surface area contributed by atoms with Crippen LogP contribution < -0.4 is 19.9 Å². The summed E-state index contributed by atoms with van der Waals surface area (Å²) in [5, 5.41) is 0. The number of benzene rings is 2. The SMILES string of the molecule is COc1ccc(-c2cc(C(N)=O)c(C)n2CCc2ccc(OC)c(OC)c2)cc1. The summed E-state index contributed by atoms with van der Waals surface area (Å²) in [5.41, 5.74) is 10.0. The van der Waals surface area contributed by atoms with Gasteiger partial charge in [0, 0.05) is 17.9 Å². The number of ether oxygens (including phenoxy) is 3. The van der Waals surface area contributed by atoms with Crippen molar-refractivity contribution in [3.05, 3.63) is 65.4 Å². The molecule has 0 aliphatic rings. The van der Waals surface area contributed by atoms with Crippen molar-refractivity contribution in [1.29, 1.82) is 0 Å². The Balaban J connectivity index is 1.94. The van der Waals surface area contributed by atoms with E-state index in [1.165, 1.54) is 0 Å². The summed E-state index contributed by atoms with van der Waals surface area (Å²) >= 11 is 0. The van der Waals surface area contributed by atoms with E-state index in [9.17, 15) is 4.79 Å². The maximum atomic E-state index is 11.9. The van der Waals surface area contributed by atoms with Gasteiger partial charge >= 0.3 is 0 Å². The number of nitrogens with zero attached hydrogens (tertiary/aromatic N) is 1. The van der Waals surface area contributed by atoms with Crippen molar-refractivity contribution in [2.75, 3.05) is 21.3 Å². The van der Waals surface area contributed by atoms with E-state index in [0.29, 0.717) is 23.6 Å². The maximum absolute atomic E-state index is 11.9. The molecule has 2 N–H and O–H groups in total. The Morgan fingerprint density at radius 3 is 2.21 bits per heavy atom. The second-order valence-electron chi connectivity index (χ2n) is 6.71. The zero-order chi connectivity index (χ0) is 21.0. The number of carbonyl (C=O) groups excluding carboxylic acids is 1. The number of nitrogens with two attached hydrogens (primary N) is 1. The second kappa shape index (κ2) is 8.73. The molecule has 0 saturated carbocycles. The van der Waals surface area contributed by atoms with Gasteiger partial charge in [0.05, 0.1) is 26.9 Å². The fourth-order valence-corrected chi connectivity index (χ4v) is 3.46. The van der Waals surface area contributed by atoms with Crippen LogP contribution >= 0.6 is 0 Å². The molecule has 3 rings (SSSR count). The van der Waals surface area contributed by atoms with E-state index in [2.05, 4.69) is 4.57 Å². The lowest BCUT2D eigenvalue weighted by atomic mass is 10.1. The van der Waals surface area contributed by atoms with E-state index < -0.39 is 5.91 Å². The number of rotatable bonds is 8. The summed E-state index contributed by atoms with van der Waals surface area (Å²) < 4.78 is 18.1. The number of carbonyl (C=O) groups is 1. The number of amides is 1. The van der Waals surface area contributed by atoms with Gasteiger partial charge in [0.1, 0.15) is 5.75 Å². The van der Waals surface area contributed by atoms with Crippen LogP contribution in [0.4, 0.5) is 0 Å². The van der Waals surface area contributed by atoms with Gasteiger partial charge < -0.3 is 24.5 Å². The van der Waals surface area contributed by atoms with Crippen molar-refractivity contribution in [2.24, 2.45) is 5.73 Å². The molecule has 152 valence electrons. The Bertz CT molecular complexity index is 1010. The molecule has 6 heteroatoms. The highest BCUT2D eigenvalue weighted by atomic mass is 16.5. The fraction of sp³-hybridized carbons (Fsp3) is 0.261. The van der Waals surface area contributed by atoms with Crippen molar-refractivity contribution in [3.8, 4) is 28.5 Å². The van der Waals surface area contributed by atoms with Crippen molar-refractivity contribution in [1.82, 2.24) is 4.57 Å². The molecular formula is C23H26N2O4. The summed E-state index contributed by atoms with van der Waals surface area (Å²) in [6.07, 6.45) is 0.761. The van der Waals surface area contributed by atoms with Crippen LogP contribution in [0.1, 0.15) is 21.6 Å². The van der Waals surface area contributed by atoms with Crippen molar-refractivity contribution >= 4 is 5.91 Å². The summed E-state index contributed by atoms with van der Waals surface area (Å²) in [6, 6.07) is 15.5. The molecule has 3 aromatic rings. The van der Waals surface area contributed by atoms with Gasteiger partial charge in [-0.1, -0.05) is 6.07 Å². The summed E-state index contributed by atoms with van der Waals surface area (Å²) in [5.74, 6) is 1.75. The largest absolute Gasteiger partial charge is 0.497 e. The molecule has 1 heterocycles. The van der Waals surface area contributed by atoms with Crippen LogP contribution in [0.2, 0.25) is 0 Å². The molecular weight excluding hydrogens is 368 g/mol. The van der Waals surface area contributed by atoms with Crippen molar-refractivity contribution in [3.63, 3.8) is 0 Å². The van der Waals surface area contributed by atoms with Crippen molar-refractivity contribution < 1.29 is 19.0 Å². The molecule has 0 atom stereocenters. The summed E-state index contributed by atoms with van der Waals surface area (Å²) in [4.78, 5) is 11.9. The van der Waals surface area contributed by atoms with Crippen LogP contribution in [-0.2, 0) is 13.0 Å². The highest BCUT2D eigenvalue weighted by Gasteiger charge is 2.17. The van der Waals surface area contributed by atoms with Gasteiger partial charge in [0.25, 0.3) is 5.91 Å². The highest BCUT2D eigenvalue weighted by molar-refractivity contribution is 5.95. The number of primary amides is 1. The Labute approximate surface area is 170 Å². The molecule has 1 aromatic heterocycles. The number of hydrogen-bond donors (Lipinski definition) is 1. The standard InChI is InChI=1S/C23H26N2O4/c1-15-19(23(24)26)14-20(17-6-8-18(27-2)9-7-17)25(15)12-11-16-5-10-21(28-3)22(13-16)29-4/h5-10,13-14H,11-12H2,1-4H3,(H2,24,26). The molecule has 0 radical (unpaired) electrons.